The minimum Gasteiger partial charge on any atom is -0.493 e. The SMILES string of the molecule is c1cc2c(cc1NC1CC1)CCCO2. The average molecular weight is 189 g/mol. The van der Waals surface area contributed by atoms with Gasteiger partial charge in [-0.05, 0) is 49.4 Å². The van der Waals surface area contributed by atoms with Crippen LogP contribution in [-0.2, 0) is 6.42 Å². The third-order valence-corrected chi connectivity index (χ3v) is 2.86. The number of anilines is 1. The Labute approximate surface area is 84.3 Å². The van der Waals surface area contributed by atoms with Gasteiger partial charge in [-0.3, -0.25) is 0 Å². The summed E-state index contributed by atoms with van der Waals surface area (Å²) in [5.41, 5.74) is 2.62. The minimum absolute atomic E-state index is 0.734. The molecule has 74 valence electrons. The Bertz CT molecular complexity index is 344. The number of aryl methyl sites for hydroxylation is 1. The van der Waals surface area contributed by atoms with Crippen LogP contribution in [0.4, 0.5) is 5.69 Å². The van der Waals surface area contributed by atoms with Crippen LogP contribution in [0.2, 0.25) is 0 Å². The van der Waals surface area contributed by atoms with Gasteiger partial charge in [0.15, 0.2) is 0 Å². The first kappa shape index (κ1) is 8.16. The molecule has 1 aromatic carbocycles. The van der Waals surface area contributed by atoms with Crippen LogP contribution in [0.25, 0.3) is 0 Å². The molecule has 1 N–H and O–H groups in total. The van der Waals surface area contributed by atoms with Crippen LogP contribution in [0.1, 0.15) is 24.8 Å². The van der Waals surface area contributed by atoms with Gasteiger partial charge in [0.2, 0.25) is 0 Å². The highest BCUT2D eigenvalue weighted by molar-refractivity contribution is 5.52. The van der Waals surface area contributed by atoms with Crippen LogP contribution in [0.5, 0.6) is 5.75 Å². The van der Waals surface area contributed by atoms with E-state index in [2.05, 4.69) is 23.5 Å². The number of nitrogens with one attached hydrogen (secondary N) is 1. The Hall–Kier alpha value is -1.18. The standard InChI is InChI=1S/C12H15NO/c1-2-9-8-11(13-10-3-4-10)5-6-12(9)14-7-1/h5-6,8,10,13H,1-4,7H2. The second-order valence-electron chi connectivity index (χ2n) is 4.19. The first-order chi connectivity index (χ1) is 6.92. The largest absolute Gasteiger partial charge is 0.493 e. The van der Waals surface area contributed by atoms with Crippen molar-refractivity contribution in [2.24, 2.45) is 0 Å². The van der Waals surface area contributed by atoms with E-state index in [4.69, 9.17) is 4.74 Å². The molecule has 1 heterocycles. The summed E-state index contributed by atoms with van der Waals surface area (Å²) in [7, 11) is 0. The van der Waals surface area contributed by atoms with Gasteiger partial charge in [-0.15, -0.1) is 0 Å². The van der Waals surface area contributed by atoms with Crippen molar-refractivity contribution < 1.29 is 4.74 Å². The monoisotopic (exact) mass is 189 g/mol. The Morgan fingerprint density at radius 2 is 2.21 bits per heavy atom. The smallest absolute Gasteiger partial charge is 0.122 e. The van der Waals surface area contributed by atoms with Crippen molar-refractivity contribution in [1.82, 2.24) is 0 Å². The summed E-state index contributed by atoms with van der Waals surface area (Å²) in [6.07, 6.45) is 4.97. The molecule has 0 radical (unpaired) electrons. The van der Waals surface area contributed by atoms with Crippen LogP contribution >= 0.6 is 0 Å². The topological polar surface area (TPSA) is 21.3 Å². The molecule has 3 rings (SSSR count). The van der Waals surface area contributed by atoms with E-state index in [-0.39, 0.29) is 0 Å². The summed E-state index contributed by atoms with van der Waals surface area (Å²) in [6, 6.07) is 7.20. The molecule has 0 saturated heterocycles. The molecule has 1 aliphatic carbocycles. The highest BCUT2D eigenvalue weighted by Gasteiger charge is 2.21. The van der Waals surface area contributed by atoms with Crippen molar-refractivity contribution in [3.05, 3.63) is 23.8 Å². The molecule has 1 aliphatic heterocycles. The summed E-state index contributed by atoms with van der Waals surface area (Å²) in [6.45, 7) is 0.877. The number of benzene rings is 1. The van der Waals surface area contributed by atoms with Crippen LogP contribution in [0, 0.1) is 0 Å². The predicted molar refractivity (Wildman–Crippen MR) is 56.9 cm³/mol. The van der Waals surface area contributed by atoms with Gasteiger partial charge in [0, 0.05) is 11.7 Å². The highest BCUT2D eigenvalue weighted by Crippen LogP contribution is 2.30. The first-order valence-electron chi connectivity index (χ1n) is 5.44. The highest BCUT2D eigenvalue weighted by atomic mass is 16.5. The van der Waals surface area contributed by atoms with E-state index in [1.165, 1.54) is 24.1 Å². The van der Waals surface area contributed by atoms with Crippen molar-refractivity contribution in [1.29, 1.82) is 0 Å². The van der Waals surface area contributed by atoms with E-state index < -0.39 is 0 Å². The molecule has 0 spiro atoms. The van der Waals surface area contributed by atoms with Crippen LogP contribution in [0.15, 0.2) is 18.2 Å². The third kappa shape index (κ3) is 1.57. The van der Waals surface area contributed by atoms with E-state index in [9.17, 15) is 0 Å². The van der Waals surface area contributed by atoms with Crippen LogP contribution < -0.4 is 10.1 Å². The van der Waals surface area contributed by atoms with Crippen molar-refractivity contribution in [2.45, 2.75) is 31.7 Å². The summed E-state index contributed by atoms with van der Waals surface area (Å²) in [5.74, 6) is 1.08. The Morgan fingerprint density at radius 3 is 3.07 bits per heavy atom. The maximum atomic E-state index is 5.57. The number of fused-ring (bicyclic) bond motifs is 1. The fourth-order valence-corrected chi connectivity index (χ4v) is 1.91. The van der Waals surface area contributed by atoms with Crippen LogP contribution in [0.3, 0.4) is 0 Å². The zero-order valence-corrected chi connectivity index (χ0v) is 8.25. The second kappa shape index (κ2) is 3.19. The van der Waals surface area contributed by atoms with Gasteiger partial charge in [-0.25, -0.2) is 0 Å². The van der Waals surface area contributed by atoms with Gasteiger partial charge in [0.1, 0.15) is 5.75 Å². The molecule has 0 atom stereocenters. The fraction of sp³-hybridized carbons (Fsp3) is 0.500. The zero-order chi connectivity index (χ0) is 9.38. The summed E-state index contributed by atoms with van der Waals surface area (Å²) in [5, 5.41) is 3.51. The molecular weight excluding hydrogens is 174 g/mol. The molecule has 2 aliphatic rings. The minimum atomic E-state index is 0.734. The lowest BCUT2D eigenvalue weighted by atomic mass is 10.1. The van der Waals surface area contributed by atoms with Crippen molar-refractivity contribution in [3.8, 4) is 5.75 Å². The molecule has 0 aromatic heterocycles. The molecule has 14 heavy (non-hydrogen) atoms. The lowest BCUT2D eigenvalue weighted by Crippen LogP contribution is -2.09. The van der Waals surface area contributed by atoms with Gasteiger partial charge in [-0.2, -0.15) is 0 Å². The van der Waals surface area contributed by atoms with E-state index >= 15 is 0 Å². The van der Waals surface area contributed by atoms with E-state index in [0.29, 0.717) is 0 Å². The average Bonchev–Trinajstić information content (AvgIpc) is 3.02. The van der Waals surface area contributed by atoms with Gasteiger partial charge in [0.25, 0.3) is 0 Å². The molecule has 0 amide bonds. The number of rotatable bonds is 2. The lowest BCUT2D eigenvalue weighted by molar-refractivity contribution is 0.288. The molecule has 2 nitrogen and oxygen atoms in total. The number of ether oxygens (including phenoxy) is 1. The zero-order valence-electron chi connectivity index (χ0n) is 8.25. The Balaban J connectivity index is 1.84. The van der Waals surface area contributed by atoms with Gasteiger partial charge >= 0.3 is 0 Å². The molecule has 1 fully saturated rings. The van der Waals surface area contributed by atoms with Gasteiger partial charge in [-0.1, -0.05) is 0 Å². The van der Waals surface area contributed by atoms with Crippen molar-refractivity contribution in [3.63, 3.8) is 0 Å². The fourth-order valence-electron chi connectivity index (χ4n) is 1.91. The van der Waals surface area contributed by atoms with E-state index in [0.717, 1.165) is 31.2 Å². The normalized spacial score (nSPS) is 19.7. The Kier molecular flexibility index (Phi) is 1.86. The first-order valence-corrected chi connectivity index (χ1v) is 5.44. The Morgan fingerprint density at radius 1 is 1.29 bits per heavy atom. The molecule has 0 bridgehead atoms. The molecule has 1 aromatic rings. The van der Waals surface area contributed by atoms with Gasteiger partial charge < -0.3 is 10.1 Å². The molecular formula is C12H15NO. The molecule has 1 saturated carbocycles. The maximum absolute atomic E-state index is 5.57. The summed E-state index contributed by atoms with van der Waals surface area (Å²) < 4.78 is 5.57. The lowest BCUT2D eigenvalue weighted by Gasteiger charge is -2.18. The second-order valence-corrected chi connectivity index (χ2v) is 4.19. The quantitative estimate of drug-likeness (QED) is 0.772. The molecule has 2 heteroatoms. The van der Waals surface area contributed by atoms with Crippen molar-refractivity contribution >= 4 is 5.69 Å². The van der Waals surface area contributed by atoms with E-state index in [1.54, 1.807) is 0 Å². The van der Waals surface area contributed by atoms with Crippen LogP contribution in [-0.4, -0.2) is 12.6 Å². The number of hydrogen-bond acceptors (Lipinski definition) is 2. The van der Waals surface area contributed by atoms with Crippen molar-refractivity contribution in [2.75, 3.05) is 11.9 Å². The summed E-state index contributed by atoms with van der Waals surface area (Å²) in [4.78, 5) is 0. The van der Waals surface area contributed by atoms with Gasteiger partial charge in [0.05, 0.1) is 6.61 Å². The van der Waals surface area contributed by atoms with E-state index in [1.807, 2.05) is 0 Å². The number of hydrogen-bond donors (Lipinski definition) is 1. The summed E-state index contributed by atoms with van der Waals surface area (Å²) >= 11 is 0. The maximum Gasteiger partial charge on any atom is 0.122 e. The molecule has 0 unspecified atom stereocenters. The predicted octanol–water partition coefficient (Wildman–Crippen LogP) is 2.59. The third-order valence-electron chi connectivity index (χ3n) is 2.86.